The Labute approximate surface area is 139 Å². The number of carbonyl (C=O) groups excluding carboxylic acids is 1. The first kappa shape index (κ1) is 14.3. The monoisotopic (exact) mass is 322 g/mol. The van der Waals surface area contributed by atoms with Gasteiger partial charge in [0.25, 0.3) is 5.91 Å². The van der Waals surface area contributed by atoms with Crippen molar-refractivity contribution in [3.63, 3.8) is 0 Å². The number of amides is 1. The highest BCUT2D eigenvalue weighted by molar-refractivity contribution is 7.10. The molecular formula is C19H18N2OS. The van der Waals surface area contributed by atoms with Crippen LogP contribution in [0.5, 0.6) is 0 Å². The molecule has 1 aliphatic heterocycles. The Morgan fingerprint density at radius 1 is 1.13 bits per heavy atom. The molecule has 0 N–H and O–H groups in total. The van der Waals surface area contributed by atoms with Gasteiger partial charge in [0.2, 0.25) is 0 Å². The van der Waals surface area contributed by atoms with Crippen LogP contribution in [0.1, 0.15) is 33.8 Å². The van der Waals surface area contributed by atoms with E-state index in [1.807, 2.05) is 58.3 Å². The van der Waals surface area contributed by atoms with Crippen molar-refractivity contribution in [2.75, 3.05) is 6.54 Å². The van der Waals surface area contributed by atoms with Crippen LogP contribution in [0.2, 0.25) is 0 Å². The highest BCUT2D eigenvalue weighted by atomic mass is 32.1. The molecule has 4 heteroatoms. The van der Waals surface area contributed by atoms with E-state index in [9.17, 15) is 4.79 Å². The first-order chi connectivity index (χ1) is 11.2. The maximum Gasteiger partial charge on any atom is 0.254 e. The molecule has 0 unspecified atom stereocenters. The fraction of sp³-hybridized carbons (Fsp3) is 0.211. The molecule has 3 aromatic rings. The van der Waals surface area contributed by atoms with Crippen LogP contribution in [-0.4, -0.2) is 21.9 Å². The Bertz CT molecular complexity index is 817. The van der Waals surface area contributed by atoms with Gasteiger partial charge in [0, 0.05) is 35.1 Å². The summed E-state index contributed by atoms with van der Waals surface area (Å²) in [5.74, 6) is 0.119. The average molecular weight is 322 g/mol. The zero-order chi connectivity index (χ0) is 15.8. The lowest BCUT2D eigenvalue weighted by atomic mass is 10.0. The number of nitrogens with zero attached hydrogens (tertiary/aromatic N) is 2. The molecule has 116 valence electrons. The van der Waals surface area contributed by atoms with Gasteiger partial charge in [-0.1, -0.05) is 0 Å². The van der Waals surface area contributed by atoms with E-state index in [1.54, 1.807) is 11.3 Å². The molecule has 3 heterocycles. The first-order valence-corrected chi connectivity index (χ1v) is 8.72. The molecular weight excluding hydrogens is 304 g/mol. The molecule has 0 saturated carbocycles. The number of fused-ring (bicyclic) bond motifs is 1. The minimum absolute atomic E-state index is 0.119. The summed E-state index contributed by atoms with van der Waals surface area (Å²) in [7, 11) is 0. The van der Waals surface area contributed by atoms with Crippen LogP contribution in [-0.2, 0) is 6.42 Å². The van der Waals surface area contributed by atoms with Crippen molar-refractivity contribution >= 4 is 17.2 Å². The van der Waals surface area contributed by atoms with Crippen molar-refractivity contribution in [1.29, 1.82) is 0 Å². The van der Waals surface area contributed by atoms with Crippen molar-refractivity contribution in [3.8, 4) is 5.69 Å². The molecule has 0 spiro atoms. The second-order valence-electron chi connectivity index (χ2n) is 5.86. The molecule has 0 fully saturated rings. The lowest BCUT2D eigenvalue weighted by Crippen LogP contribution is -2.38. The summed E-state index contributed by atoms with van der Waals surface area (Å²) in [5, 5.41) is 2.13. The zero-order valence-corrected chi connectivity index (χ0v) is 13.8. The van der Waals surface area contributed by atoms with Crippen molar-refractivity contribution in [3.05, 3.63) is 76.2 Å². The van der Waals surface area contributed by atoms with Gasteiger partial charge in [-0.05, 0) is 66.8 Å². The average Bonchev–Trinajstić information content (AvgIpc) is 3.27. The lowest BCUT2D eigenvalue weighted by molar-refractivity contribution is 0.0679. The number of hydrogen-bond acceptors (Lipinski definition) is 2. The zero-order valence-electron chi connectivity index (χ0n) is 13.0. The summed E-state index contributed by atoms with van der Waals surface area (Å²) in [6.45, 7) is 2.92. The van der Waals surface area contributed by atoms with Gasteiger partial charge in [-0.25, -0.2) is 0 Å². The van der Waals surface area contributed by atoms with Crippen molar-refractivity contribution in [2.24, 2.45) is 0 Å². The largest absolute Gasteiger partial charge is 0.331 e. The van der Waals surface area contributed by atoms with E-state index >= 15 is 0 Å². The Balaban J connectivity index is 1.58. The van der Waals surface area contributed by atoms with E-state index in [-0.39, 0.29) is 11.9 Å². The Morgan fingerprint density at radius 2 is 1.87 bits per heavy atom. The van der Waals surface area contributed by atoms with Gasteiger partial charge in [0.1, 0.15) is 0 Å². The Kier molecular flexibility index (Phi) is 3.54. The van der Waals surface area contributed by atoms with Crippen LogP contribution in [0.4, 0.5) is 0 Å². The number of aromatic nitrogens is 1. The normalized spacial score (nSPS) is 17.1. The maximum absolute atomic E-state index is 12.9. The Hall–Kier alpha value is -2.33. The standard InChI is InChI=1S/C19H18N2OS/c1-14-17-9-13-23-18(17)8-12-21(14)19(22)15-4-6-16(7-5-15)20-10-2-3-11-20/h2-7,9-11,13-14H,8,12H2,1H3/t14-/m1/s1. The smallest absolute Gasteiger partial charge is 0.254 e. The molecule has 0 saturated heterocycles. The molecule has 0 aliphatic carbocycles. The van der Waals surface area contributed by atoms with Crippen LogP contribution in [0, 0.1) is 0 Å². The summed E-state index contributed by atoms with van der Waals surface area (Å²) in [5.41, 5.74) is 3.13. The number of hydrogen-bond donors (Lipinski definition) is 0. The van der Waals surface area contributed by atoms with Crippen LogP contribution in [0.15, 0.2) is 60.2 Å². The van der Waals surface area contributed by atoms with E-state index in [4.69, 9.17) is 0 Å². The predicted octanol–water partition coefficient (Wildman–Crippen LogP) is 4.30. The van der Waals surface area contributed by atoms with Gasteiger partial charge in [-0.3, -0.25) is 4.79 Å². The number of thiophene rings is 1. The lowest BCUT2D eigenvalue weighted by Gasteiger charge is -2.33. The van der Waals surface area contributed by atoms with Crippen molar-refractivity contribution < 1.29 is 4.79 Å². The second kappa shape index (κ2) is 5.70. The number of rotatable bonds is 2. The molecule has 3 nitrogen and oxygen atoms in total. The second-order valence-corrected chi connectivity index (χ2v) is 6.86. The van der Waals surface area contributed by atoms with Crippen LogP contribution in [0.3, 0.4) is 0 Å². The first-order valence-electron chi connectivity index (χ1n) is 7.84. The number of carbonyl (C=O) groups is 1. The summed E-state index contributed by atoms with van der Waals surface area (Å²) >= 11 is 1.80. The van der Waals surface area contributed by atoms with Crippen molar-refractivity contribution in [2.45, 2.75) is 19.4 Å². The molecule has 4 rings (SSSR count). The van der Waals surface area contributed by atoms with Crippen molar-refractivity contribution in [1.82, 2.24) is 9.47 Å². The summed E-state index contributed by atoms with van der Waals surface area (Å²) in [6, 6.07) is 14.1. The SMILES string of the molecule is C[C@@H]1c2ccsc2CCN1C(=O)c1ccc(-n2cccc2)cc1. The molecule has 0 bridgehead atoms. The third-order valence-electron chi connectivity index (χ3n) is 4.55. The summed E-state index contributed by atoms with van der Waals surface area (Å²) in [6.07, 6.45) is 4.97. The minimum atomic E-state index is 0.119. The number of benzene rings is 1. The molecule has 1 atom stereocenters. The van der Waals surface area contributed by atoms with E-state index in [0.29, 0.717) is 0 Å². The molecule has 1 aromatic carbocycles. The van der Waals surface area contributed by atoms with E-state index in [1.165, 1.54) is 10.4 Å². The maximum atomic E-state index is 12.9. The molecule has 0 radical (unpaired) electrons. The van der Waals surface area contributed by atoms with Gasteiger partial charge in [-0.15, -0.1) is 11.3 Å². The fourth-order valence-corrected chi connectivity index (χ4v) is 4.20. The quantitative estimate of drug-likeness (QED) is 0.690. The van der Waals surface area contributed by atoms with Crippen LogP contribution in [0.25, 0.3) is 5.69 Å². The van der Waals surface area contributed by atoms with Gasteiger partial charge >= 0.3 is 0 Å². The van der Waals surface area contributed by atoms with Gasteiger partial charge < -0.3 is 9.47 Å². The third-order valence-corrected chi connectivity index (χ3v) is 5.55. The highest BCUT2D eigenvalue weighted by Crippen LogP contribution is 2.33. The molecule has 1 aliphatic rings. The van der Waals surface area contributed by atoms with E-state index in [0.717, 1.165) is 24.2 Å². The third kappa shape index (κ3) is 2.49. The summed E-state index contributed by atoms with van der Waals surface area (Å²) in [4.78, 5) is 16.3. The molecule has 23 heavy (non-hydrogen) atoms. The Morgan fingerprint density at radius 3 is 2.61 bits per heavy atom. The predicted molar refractivity (Wildman–Crippen MR) is 93.2 cm³/mol. The van der Waals surface area contributed by atoms with Gasteiger partial charge in [0.05, 0.1) is 6.04 Å². The van der Waals surface area contributed by atoms with E-state index < -0.39 is 0 Å². The topological polar surface area (TPSA) is 25.2 Å². The van der Waals surface area contributed by atoms with E-state index in [2.05, 4.69) is 18.4 Å². The fourth-order valence-electron chi connectivity index (χ4n) is 3.24. The molecule has 2 aromatic heterocycles. The van der Waals surface area contributed by atoms with Crippen LogP contribution < -0.4 is 0 Å². The minimum Gasteiger partial charge on any atom is -0.331 e. The van der Waals surface area contributed by atoms with Crippen LogP contribution >= 0.6 is 11.3 Å². The van der Waals surface area contributed by atoms with Gasteiger partial charge in [-0.2, -0.15) is 0 Å². The molecule has 1 amide bonds. The van der Waals surface area contributed by atoms with Gasteiger partial charge in [0.15, 0.2) is 0 Å². The highest BCUT2D eigenvalue weighted by Gasteiger charge is 2.28. The summed E-state index contributed by atoms with van der Waals surface area (Å²) < 4.78 is 2.04.